The Labute approximate surface area is 213 Å². The standard InChI is InChI=1S/C24H34N4O6S2/c1-19-10-11-20(17-23(19)36(32,33)27-15-13-26(2)14-16-27)25-24(29)9-6-12-28(35(4,30)31)21-7-5-8-22(18-21)34-3/h5,7-8,10-11,17-18H,6,9,12-16H2,1-4H3,(H,25,29). The molecule has 1 saturated heterocycles. The van der Waals surface area contributed by atoms with E-state index in [1.54, 1.807) is 43.3 Å². The van der Waals surface area contributed by atoms with E-state index < -0.39 is 20.0 Å². The van der Waals surface area contributed by atoms with Crippen molar-refractivity contribution in [3.05, 3.63) is 48.0 Å². The largest absolute Gasteiger partial charge is 0.497 e. The Kier molecular flexibility index (Phi) is 8.98. The molecule has 1 amide bonds. The second-order valence-electron chi connectivity index (χ2n) is 8.88. The Morgan fingerprint density at radius 2 is 1.75 bits per heavy atom. The molecule has 36 heavy (non-hydrogen) atoms. The van der Waals surface area contributed by atoms with Crippen LogP contribution in [0.2, 0.25) is 0 Å². The fourth-order valence-electron chi connectivity index (χ4n) is 3.98. The Bertz CT molecular complexity index is 1290. The van der Waals surface area contributed by atoms with E-state index in [2.05, 4.69) is 10.2 Å². The summed E-state index contributed by atoms with van der Waals surface area (Å²) in [6.45, 7) is 3.99. The molecule has 2 aromatic rings. The van der Waals surface area contributed by atoms with Crippen molar-refractivity contribution < 1.29 is 26.4 Å². The molecule has 12 heteroatoms. The van der Waals surface area contributed by atoms with E-state index in [0.717, 1.165) is 6.26 Å². The van der Waals surface area contributed by atoms with Crippen LogP contribution in [0.25, 0.3) is 0 Å². The summed E-state index contributed by atoms with van der Waals surface area (Å²) < 4.78 is 58.9. The molecule has 1 aliphatic rings. The molecule has 0 unspecified atom stereocenters. The van der Waals surface area contributed by atoms with Gasteiger partial charge >= 0.3 is 0 Å². The highest BCUT2D eigenvalue weighted by molar-refractivity contribution is 7.92. The topological polar surface area (TPSA) is 116 Å². The van der Waals surface area contributed by atoms with Gasteiger partial charge in [-0.3, -0.25) is 9.10 Å². The second kappa shape index (κ2) is 11.6. The Morgan fingerprint density at radius 3 is 2.39 bits per heavy atom. The quantitative estimate of drug-likeness (QED) is 0.493. The van der Waals surface area contributed by atoms with Crippen molar-refractivity contribution in [1.29, 1.82) is 0 Å². The number of piperazine rings is 1. The molecule has 1 N–H and O–H groups in total. The maximum atomic E-state index is 13.2. The van der Waals surface area contributed by atoms with E-state index >= 15 is 0 Å². The minimum Gasteiger partial charge on any atom is -0.497 e. The SMILES string of the molecule is COc1cccc(N(CCCC(=O)Nc2ccc(C)c(S(=O)(=O)N3CCN(C)CC3)c2)S(C)(=O)=O)c1. The number of methoxy groups -OCH3 is 1. The number of anilines is 2. The smallest absolute Gasteiger partial charge is 0.243 e. The average molecular weight is 539 g/mol. The van der Waals surface area contributed by atoms with Crippen LogP contribution < -0.4 is 14.4 Å². The van der Waals surface area contributed by atoms with Gasteiger partial charge in [0.2, 0.25) is 26.0 Å². The Hall–Kier alpha value is -2.67. The van der Waals surface area contributed by atoms with Crippen LogP contribution in [0, 0.1) is 6.92 Å². The van der Waals surface area contributed by atoms with E-state index in [-0.39, 0.29) is 30.2 Å². The van der Waals surface area contributed by atoms with Crippen molar-refractivity contribution in [3.8, 4) is 5.75 Å². The number of likely N-dealkylation sites (N-methyl/N-ethyl adjacent to an activating group) is 1. The highest BCUT2D eigenvalue weighted by Gasteiger charge is 2.29. The van der Waals surface area contributed by atoms with Crippen LogP contribution >= 0.6 is 0 Å². The molecule has 3 rings (SSSR count). The van der Waals surface area contributed by atoms with Gasteiger partial charge in [0.15, 0.2) is 0 Å². The Balaban J connectivity index is 1.65. The van der Waals surface area contributed by atoms with Gasteiger partial charge in [-0.2, -0.15) is 4.31 Å². The molecule has 10 nitrogen and oxygen atoms in total. The molecule has 1 heterocycles. The van der Waals surface area contributed by atoms with E-state index in [1.807, 2.05) is 7.05 Å². The predicted molar refractivity (Wildman–Crippen MR) is 140 cm³/mol. The summed E-state index contributed by atoms with van der Waals surface area (Å²) >= 11 is 0. The summed E-state index contributed by atoms with van der Waals surface area (Å²) in [5.41, 5.74) is 1.44. The lowest BCUT2D eigenvalue weighted by Gasteiger charge is -2.32. The molecule has 2 aromatic carbocycles. The maximum absolute atomic E-state index is 13.2. The van der Waals surface area contributed by atoms with Crippen LogP contribution in [-0.4, -0.2) is 85.1 Å². The van der Waals surface area contributed by atoms with E-state index in [4.69, 9.17) is 4.74 Å². The molecule has 1 aliphatic heterocycles. The van der Waals surface area contributed by atoms with Gasteiger partial charge in [-0.25, -0.2) is 16.8 Å². The molecular weight excluding hydrogens is 504 g/mol. The number of nitrogens with zero attached hydrogens (tertiary/aromatic N) is 3. The van der Waals surface area contributed by atoms with Crippen molar-refractivity contribution in [2.75, 3.05) is 62.8 Å². The molecule has 198 valence electrons. The molecular formula is C24H34N4O6S2. The first-order valence-corrected chi connectivity index (χ1v) is 14.9. The first-order chi connectivity index (χ1) is 16.9. The summed E-state index contributed by atoms with van der Waals surface area (Å²) in [6, 6.07) is 11.5. The van der Waals surface area contributed by atoms with Gasteiger partial charge in [0, 0.05) is 50.9 Å². The number of benzene rings is 2. The first kappa shape index (κ1) is 27.9. The normalized spacial score (nSPS) is 15.4. The number of nitrogens with one attached hydrogen (secondary N) is 1. The maximum Gasteiger partial charge on any atom is 0.243 e. The second-order valence-corrected chi connectivity index (χ2v) is 12.7. The van der Waals surface area contributed by atoms with Gasteiger partial charge in [-0.15, -0.1) is 0 Å². The molecule has 0 saturated carbocycles. The fraction of sp³-hybridized carbons (Fsp3) is 0.458. The number of ether oxygens (including phenoxy) is 1. The molecule has 1 fully saturated rings. The highest BCUT2D eigenvalue weighted by atomic mass is 32.2. The van der Waals surface area contributed by atoms with Gasteiger partial charge in [-0.1, -0.05) is 12.1 Å². The lowest BCUT2D eigenvalue weighted by molar-refractivity contribution is -0.116. The average Bonchev–Trinajstić information content (AvgIpc) is 2.82. The third-order valence-corrected chi connectivity index (χ3v) is 9.29. The molecule has 0 aliphatic carbocycles. The predicted octanol–water partition coefficient (Wildman–Crippen LogP) is 2.12. The summed E-state index contributed by atoms with van der Waals surface area (Å²) in [4.78, 5) is 14.9. The van der Waals surface area contributed by atoms with Crippen LogP contribution in [0.5, 0.6) is 5.75 Å². The number of sulfonamides is 2. The summed E-state index contributed by atoms with van der Waals surface area (Å²) in [5.74, 6) is 0.196. The van der Waals surface area contributed by atoms with Gasteiger partial charge in [0.25, 0.3) is 0 Å². The van der Waals surface area contributed by atoms with Gasteiger partial charge in [0.1, 0.15) is 5.75 Å². The van der Waals surface area contributed by atoms with Gasteiger partial charge in [-0.05, 0) is 50.2 Å². The molecule has 0 spiro atoms. The molecule has 0 bridgehead atoms. The minimum absolute atomic E-state index is 0.0599. The van der Waals surface area contributed by atoms with Crippen LogP contribution in [-0.2, 0) is 24.8 Å². The zero-order chi connectivity index (χ0) is 26.5. The van der Waals surface area contributed by atoms with Crippen LogP contribution in [0.4, 0.5) is 11.4 Å². The van der Waals surface area contributed by atoms with Crippen LogP contribution in [0.1, 0.15) is 18.4 Å². The molecule has 0 atom stereocenters. The summed E-state index contributed by atoms with van der Waals surface area (Å²) in [6.07, 6.45) is 1.44. The van der Waals surface area contributed by atoms with Crippen molar-refractivity contribution in [3.63, 3.8) is 0 Å². The minimum atomic E-state index is -3.68. The van der Waals surface area contributed by atoms with Crippen molar-refractivity contribution in [2.24, 2.45) is 0 Å². The summed E-state index contributed by atoms with van der Waals surface area (Å²) in [5, 5.41) is 2.74. The first-order valence-electron chi connectivity index (χ1n) is 11.6. The van der Waals surface area contributed by atoms with Crippen LogP contribution in [0.3, 0.4) is 0 Å². The number of amides is 1. The lowest BCUT2D eigenvalue weighted by atomic mass is 10.2. The van der Waals surface area contributed by atoms with Crippen molar-refractivity contribution in [1.82, 2.24) is 9.21 Å². The van der Waals surface area contributed by atoms with Crippen LogP contribution in [0.15, 0.2) is 47.4 Å². The van der Waals surface area contributed by atoms with E-state index in [9.17, 15) is 21.6 Å². The van der Waals surface area contributed by atoms with E-state index in [1.165, 1.54) is 21.8 Å². The van der Waals surface area contributed by atoms with Crippen molar-refractivity contribution in [2.45, 2.75) is 24.7 Å². The number of rotatable bonds is 10. The highest BCUT2D eigenvalue weighted by Crippen LogP contribution is 2.26. The fourth-order valence-corrected chi connectivity index (χ4v) is 6.61. The Morgan fingerprint density at radius 1 is 1.06 bits per heavy atom. The molecule has 0 radical (unpaired) electrons. The third kappa shape index (κ3) is 6.96. The van der Waals surface area contributed by atoms with Crippen molar-refractivity contribution >= 4 is 37.3 Å². The zero-order valence-electron chi connectivity index (χ0n) is 21.1. The monoisotopic (exact) mass is 538 g/mol. The number of hydrogen-bond donors (Lipinski definition) is 1. The summed E-state index contributed by atoms with van der Waals surface area (Å²) in [7, 11) is -3.80. The van der Waals surface area contributed by atoms with Gasteiger partial charge < -0.3 is 15.0 Å². The number of carbonyl (C=O) groups is 1. The number of aryl methyl sites for hydroxylation is 1. The number of hydrogen-bond acceptors (Lipinski definition) is 7. The van der Waals surface area contributed by atoms with E-state index in [0.29, 0.717) is 48.9 Å². The molecule has 0 aromatic heterocycles. The van der Waals surface area contributed by atoms with Gasteiger partial charge in [0.05, 0.1) is 23.9 Å². The number of carbonyl (C=O) groups excluding carboxylic acids is 1. The third-order valence-electron chi connectivity index (χ3n) is 6.06. The zero-order valence-corrected chi connectivity index (χ0v) is 22.7. The lowest BCUT2D eigenvalue weighted by Crippen LogP contribution is -2.47.